The molecule has 2 rings (SSSR count). The molecule has 114 valence electrons. The maximum absolute atomic E-state index is 12.7. The van der Waals surface area contributed by atoms with Crippen molar-refractivity contribution in [2.75, 3.05) is 18.1 Å². The van der Waals surface area contributed by atoms with E-state index in [0.29, 0.717) is 10.4 Å². The van der Waals surface area contributed by atoms with E-state index in [1.54, 1.807) is 19.2 Å². The van der Waals surface area contributed by atoms with E-state index in [4.69, 9.17) is 11.6 Å². The van der Waals surface area contributed by atoms with Gasteiger partial charge in [-0.2, -0.15) is 4.31 Å². The normalized spacial score (nSPS) is 23.9. The first-order valence-electron chi connectivity index (χ1n) is 6.04. The summed E-state index contributed by atoms with van der Waals surface area (Å²) in [6.07, 6.45) is 0. The third kappa shape index (κ3) is 2.89. The molecule has 0 saturated carbocycles. The molecule has 1 aliphatic heterocycles. The van der Waals surface area contributed by atoms with Crippen molar-refractivity contribution in [1.29, 1.82) is 0 Å². The molecule has 1 saturated heterocycles. The van der Waals surface area contributed by atoms with Crippen LogP contribution in [0.5, 0.6) is 0 Å². The summed E-state index contributed by atoms with van der Waals surface area (Å²) in [4.78, 5) is 0.841. The molecule has 0 N–H and O–H groups in total. The molecule has 1 aliphatic rings. The number of aryl methyl sites for hydroxylation is 1. The first kappa shape index (κ1) is 16.2. The number of sulfonamides is 1. The zero-order valence-electron chi connectivity index (χ0n) is 11.2. The highest BCUT2D eigenvalue weighted by atomic mass is 35.5. The second-order valence-electron chi connectivity index (χ2n) is 4.88. The molecule has 1 fully saturated rings. The van der Waals surface area contributed by atoms with Gasteiger partial charge in [0.1, 0.15) is 4.90 Å². The van der Waals surface area contributed by atoms with Gasteiger partial charge >= 0.3 is 0 Å². The average Bonchev–Trinajstić information content (AvgIpc) is 2.69. The van der Waals surface area contributed by atoms with Crippen LogP contribution in [0, 0.1) is 6.92 Å². The van der Waals surface area contributed by atoms with Crippen LogP contribution in [0.15, 0.2) is 10.3 Å². The van der Waals surface area contributed by atoms with Gasteiger partial charge in [0.25, 0.3) is 0 Å². The minimum Gasteiger partial charge on any atom is -0.229 e. The van der Waals surface area contributed by atoms with Gasteiger partial charge in [0, 0.05) is 17.5 Å². The van der Waals surface area contributed by atoms with Crippen molar-refractivity contribution in [2.24, 2.45) is 0 Å². The highest BCUT2D eigenvalue weighted by molar-refractivity contribution is 7.92. The Kier molecular flexibility index (Phi) is 4.52. The minimum absolute atomic E-state index is 0.00282. The number of halogens is 1. The molecule has 0 bridgehead atoms. The van der Waals surface area contributed by atoms with Gasteiger partial charge in [-0.1, -0.05) is 0 Å². The van der Waals surface area contributed by atoms with Crippen molar-refractivity contribution < 1.29 is 16.8 Å². The molecule has 0 amide bonds. The lowest BCUT2D eigenvalue weighted by Gasteiger charge is -2.32. The summed E-state index contributed by atoms with van der Waals surface area (Å²) < 4.78 is 49.9. The van der Waals surface area contributed by atoms with E-state index in [1.165, 1.54) is 15.6 Å². The summed E-state index contributed by atoms with van der Waals surface area (Å²) in [7, 11) is -6.85. The van der Waals surface area contributed by atoms with Crippen LogP contribution in [0.4, 0.5) is 0 Å². The molecule has 0 spiro atoms. The van der Waals surface area contributed by atoms with Crippen molar-refractivity contribution >= 4 is 42.8 Å². The van der Waals surface area contributed by atoms with Crippen molar-refractivity contribution in [3.05, 3.63) is 15.8 Å². The Hall–Kier alpha value is -0.150. The lowest BCUT2D eigenvalue weighted by molar-refractivity contribution is 0.356. The Labute approximate surface area is 128 Å². The molecular weight excluding hydrogens is 342 g/mol. The smallest absolute Gasteiger partial charge is 0.229 e. The fourth-order valence-electron chi connectivity index (χ4n) is 2.38. The summed E-state index contributed by atoms with van der Waals surface area (Å²) in [6, 6.07) is -0.554. The second-order valence-corrected chi connectivity index (χ2v) is 10.2. The molecule has 1 unspecified atom stereocenters. The van der Waals surface area contributed by atoms with Crippen LogP contribution in [-0.4, -0.2) is 45.2 Å². The topological polar surface area (TPSA) is 71.5 Å². The number of hydrogen-bond acceptors (Lipinski definition) is 5. The molecule has 0 aromatic carbocycles. The van der Waals surface area contributed by atoms with Crippen LogP contribution >= 0.6 is 22.9 Å². The number of rotatable bonds is 3. The first-order valence-corrected chi connectivity index (χ1v) is 10.7. The number of hydrogen-bond donors (Lipinski definition) is 0. The maximum atomic E-state index is 12.7. The predicted molar refractivity (Wildman–Crippen MR) is 80.6 cm³/mol. The molecular formula is C11H16ClNO4S3. The van der Waals surface area contributed by atoms with Gasteiger partial charge in [0.2, 0.25) is 10.0 Å². The van der Waals surface area contributed by atoms with E-state index in [9.17, 15) is 16.8 Å². The maximum Gasteiger partial charge on any atom is 0.244 e. The number of thiophene rings is 1. The molecule has 1 aromatic heterocycles. The monoisotopic (exact) mass is 357 g/mol. The Morgan fingerprint density at radius 2 is 2.15 bits per heavy atom. The lowest BCUT2D eigenvalue weighted by Crippen LogP contribution is -2.49. The zero-order chi connectivity index (χ0) is 15.1. The van der Waals surface area contributed by atoms with Gasteiger partial charge in [0.15, 0.2) is 9.84 Å². The number of nitrogens with zero attached hydrogens (tertiary/aromatic N) is 1. The van der Waals surface area contributed by atoms with Crippen molar-refractivity contribution in [1.82, 2.24) is 4.31 Å². The third-order valence-electron chi connectivity index (χ3n) is 3.29. The lowest BCUT2D eigenvalue weighted by atomic mass is 10.3. The van der Waals surface area contributed by atoms with Crippen molar-refractivity contribution in [2.45, 2.75) is 30.7 Å². The average molecular weight is 358 g/mol. The Bertz CT molecular complexity index is 708. The summed E-state index contributed by atoms with van der Waals surface area (Å²) >= 11 is 7.12. The first-order chi connectivity index (χ1) is 9.19. The molecule has 20 heavy (non-hydrogen) atoms. The van der Waals surface area contributed by atoms with Gasteiger partial charge < -0.3 is 0 Å². The van der Waals surface area contributed by atoms with Gasteiger partial charge in [0.05, 0.1) is 17.4 Å². The molecule has 9 heteroatoms. The Morgan fingerprint density at radius 1 is 1.50 bits per heavy atom. The molecule has 5 nitrogen and oxygen atoms in total. The number of sulfone groups is 1. The minimum atomic E-state index is -3.70. The molecule has 2 heterocycles. The zero-order valence-corrected chi connectivity index (χ0v) is 14.4. The fraction of sp³-hybridized carbons (Fsp3) is 0.636. The van der Waals surface area contributed by atoms with Gasteiger partial charge in [-0.05, 0) is 24.8 Å². The SMILES string of the molecule is Cc1csc(CCl)c1S(=O)(=O)N1CCS(=O)(=O)CC1C. The van der Waals surface area contributed by atoms with Crippen LogP contribution in [-0.2, 0) is 25.7 Å². The van der Waals surface area contributed by atoms with E-state index in [0.717, 1.165) is 0 Å². The van der Waals surface area contributed by atoms with Crippen LogP contribution in [0.1, 0.15) is 17.4 Å². The Balaban J connectivity index is 2.43. The standard InChI is InChI=1S/C11H16ClNO4S3/c1-8-6-18-10(5-12)11(8)20(16,17)13-3-4-19(14,15)7-9(13)2/h6,9H,3-5,7H2,1-2H3. The fourth-order valence-corrected chi connectivity index (χ4v) is 7.79. The van der Waals surface area contributed by atoms with Gasteiger partial charge in [-0.3, -0.25) is 0 Å². The van der Waals surface area contributed by atoms with E-state index in [1.807, 2.05) is 0 Å². The second kappa shape index (κ2) is 5.57. The summed E-state index contributed by atoms with van der Waals surface area (Å²) in [5, 5.41) is 1.76. The van der Waals surface area contributed by atoms with Gasteiger partial charge in [-0.15, -0.1) is 22.9 Å². The molecule has 1 aromatic rings. The van der Waals surface area contributed by atoms with E-state index >= 15 is 0 Å². The van der Waals surface area contributed by atoms with E-state index < -0.39 is 25.9 Å². The Morgan fingerprint density at radius 3 is 2.70 bits per heavy atom. The molecule has 0 radical (unpaired) electrons. The van der Waals surface area contributed by atoms with Crippen molar-refractivity contribution in [3.8, 4) is 0 Å². The number of alkyl halides is 1. The highest BCUT2D eigenvalue weighted by Crippen LogP contribution is 2.32. The van der Waals surface area contributed by atoms with Crippen LogP contribution in [0.25, 0.3) is 0 Å². The largest absolute Gasteiger partial charge is 0.244 e. The predicted octanol–water partition coefficient (Wildman–Crippen LogP) is 1.60. The highest BCUT2D eigenvalue weighted by Gasteiger charge is 2.38. The van der Waals surface area contributed by atoms with Gasteiger partial charge in [-0.25, -0.2) is 16.8 Å². The summed E-state index contributed by atoms with van der Waals surface area (Å²) in [5.74, 6) is -0.130. The van der Waals surface area contributed by atoms with Crippen LogP contribution in [0.3, 0.4) is 0 Å². The quantitative estimate of drug-likeness (QED) is 0.770. The molecule has 1 atom stereocenters. The summed E-state index contributed by atoms with van der Waals surface area (Å²) in [6.45, 7) is 3.35. The van der Waals surface area contributed by atoms with E-state index in [-0.39, 0.29) is 28.8 Å². The van der Waals surface area contributed by atoms with Crippen LogP contribution < -0.4 is 0 Å². The van der Waals surface area contributed by atoms with Crippen LogP contribution in [0.2, 0.25) is 0 Å². The van der Waals surface area contributed by atoms with E-state index in [2.05, 4.69) is 0 Å². The third-order valence-corrected chi connectivity index (χ3v) is 8.99. The molecule has 0 aliphatic carbocycles. The summed E-state index contributed by atoms with van der Waals surface area (Å²) in [5.41, 5.74) is 0.659. The van der Waals surface area contributed by atoms with Crippen molar-refractivity contribution in [3.63, 3.8) is 0 Å².